The molecule has 30 heavy (non-hydrogen) atoms. The number of nitrogens with one attached hydrogen (secondary N) is 1. The van der Waals surface area contributed by atoms with Crippen LogP contribution in [-0.2, 0) is 16.8 Å². The van der Waals surface area contributed by atoms with Crippen LogP contribution in [0, 0.1) is 5.82 Å². The van der Waals surface area contributed by atoms with E-state index in [1.54, 1.807) is 12.1 Å². The molecule has 2 aliphatic rings. The molecule has 0 unspecified atom stereocenters. The SMILES string of the molecule is C[C@@]1(c2cc3c(cc2F)CNC(c2ccc(Cl)cn2)=N3)C[C@@H](C(F)(F)F)OC(N)=N1. The molecule has 0 fully saturated rings. The Bertz CT molecular complexity index is 1050. The molecule has 158 valence electrons. The van der Waals surface area contributed by atoms with E-state index in [0.29, 0.717) is 27.8 Å². The van der Waals surface area contributed by atoms with Crippen molar-refractivity contribution < 1.29 is 22.3 Å². The molecule has 2 atom stereocenters. The number of amidine groups is 2. The van der Waals surface area contributed by atoms with Gasteiger partial charge < -0.3 is 15.8 Å². The molecule has 2 aliphatic heterocycles. The minimum Gasteiger partial charge on any atom is -0.452 e. The first kappa shape index (κ1) is 20.4. The molecule has 0 aliphatic carbocycles. The Morgan fingerprint density at radius 3 is 2.73 bits per heavy atom. The van der Waals surface area contributed by atoms with E-state index >= 15 is 0 Å². The summed E-state index contributed by atoms with van der Waals surface area (Å²) in [5.41, 5.74) is 5.34. The van der Waals surface area contributed by atoms with Crippen LogP contribution >= 0.6 is 11.6 Å². The lowest BCUT2D eigenvalue weighted by molar-refractivity contribution is -0.208. The van der Waals surface area contributed by atoms with Gasteiger partial charge in [-0.05, 0) is 36.8 Å². The van der Waals surface area contributed by atoms with E-state index in [0.717, 1.165) is 0 Å². The molecule has 6 nitrogen and oxygen atoms in total. The van der Waals surface area contributed by atoms with Crippen molar-refractivity contribution in [1.29, 1.82) is 0 Å². The van der Waals surface area contributed by atoms with Crippen LogP contribution in [0.15, 0.2) is 40.4 Å². The molecular formula is C19H16ClF4N5O. The predicted octanol–water partition coefficient (Wildman–Crippen LogP) is 3.94. The number of hydrogen-bond donors (Lipinski definition) is 2. The van der Waals surface area contributed by atoms with Gasteiger partial charge in [0.05, 0.1) is 16.2 Å². The lowest BCUT2D eigenvalue weighted by atomic mass is 9.84. The van der Waals surface area contributed by atoms with Crippen molar-refractivity contribution in [1.82, 2.24) is 10.3 Å². The van der Waals surface area contributed by atoms with Crippen molar-refractivity contribution in [3.63, 3.8) is 0 Å². The average Bonchev–Trinajstić information content (AvgIpc) is 2.66. The monoisotopic (exact) mass is 441 g/mol. The summed E-state index contributed by atoms with van der Waals surface area (Å²) in [5.74, 6) is -0.259. The standard InChI is InChI=1S/C19H16ClF4N5O/c1-18(6-15(19(22,23)24)30-17(25)29-18)11-5-14-9(4-12(11)21)7-27-16(28-14)13-3-2-10(20)8-26-13/h2-5,8,15H,6-7H2,1H3,(H2,25,29)(H,27,28)/t15-,18-/m0/s1. The van der Waals surface area contributed by atoms with Crippen molar-refractivity contribution in [2.24, 2.45) is 15.7 Å². The van der Waals surface area contributed by atoms with Gasteiger partial charge in [0, 0.05) is 24.7 Å². The van der Waals surface area contributed by atoms with Gasteiger partial charge in [-0.15, -0.1) is 0 Å². The van der Waals surface area contributed by atoms with Gasteiger partial charge in [0.25, 0.3) is 6.02 Å². The third-order valence-corrected chi connectivity index (χ3v) is 5.19. The Balaban J connectivity index is 1.76. The zero-order valence-corrected chi connectivity index (χ0v) is 16.4. The summed E-state index contributed by atoms with van der Waals surface area (Å²) in [6.45, 7) is 1.66. The van der Waals surface area contributed by atoms with Crippen LogP contribution in [0.2, 0.25) is 5.02 Å². The number of rotatable bonds is 2. The highest BCUT2D eigenvalue weighted by Gasteiger charge is 2.50. The summed E-state index contributed by atoms with van der Waals surface area (Å²) >= 11 is 5.85. The average molecular weight is 442 g/mol. The van der Waals surface area contributed by atoms with Gasteiger partial charge >= 0.3 is 6.18 Å². The number of fused-ring (bicyclic) bond motifs is 1. The number of aromatic nitrogens is 1. The second kappa shape index (κ2) is 7.12. The molecule has 1 aromatic heterocycles. The Morgan fingerprint density at radius 2 is 2.07 bits per heavy atom. The Kier molecular flexibility index (Phi) is 4.84. The van der Waals surface area contributed by atoms with Crippen LogP contribution in [-0.4, -0.2) is 29.1 Å². The van der Waals surface area contributed by atoms with E-state index in [9.17, 15) is 17.6 Å². The third-order valence-electron chi connectivity index (χ3n) is 4.97. The summed E-state index contributed by atoms with van der Waals surface area (Å²) in [5, 5.41) is 3.50. The first-order chi connectivity index (χ1) is 14.0. The summed E-state index contributed by atoms with van der Waals surface area (Å²) in [6, 6.07) is 5.32. The lowest BCUT2D eigenvalue weighted by Gasteiger charge is -2.36. The molecule has 1 aromatic carbocycles. The molecule has 2 aromatic rings. The second-order valence-electron chi connectivity index (χ2n) is 7.21. The molecule has 0 saturated carbocycles. The van der Waals surface area contributed by atoms with Crippen LogP contribution in [0.3, 0.4) is 0 Å². The first-order valence-electron chi connectivity index (χ1n) is 8.91. The number of alkyl halides is 3. The molecule has 0 bridgehead atoms. The van der Waals surface area contributed by atoms with E-state index in [1.165, 1.54) is 25.3 Å². The zero-order chi connectivity index (χ0) is 21.7. The van der Waals surface area contributed by atoms with Crippen LogP contribution in [0.5, 0.6) is 0 Å². The van der Waals surface area contributed by atoms with Crippen molar-refractivity contribution in [2.75, 3.05) is 0 Å². The highest BCUT2D eigenvalue weighted by atomic mass is 35.5. The molecule has 0 saturated heterocycles. The van der Waals surface area contributed by atoms with E-state index < -0.39 is 36.1 Å². The second-order valence-corrected chi connectivity index (χ2v) is 7.65. The van der Waals surface area contributed by atoms with Gasteiger partial charge in [0.2, 0.25) is 0 Å². The lowest BCUT2D eigenvalue weighted by Crippen LogP contribution is -2.46. The largest absolute Gasteiger partial charge is 0.452 e. The minimum absolute atomic E-state index is 0.0455. The van der Waals surface area contributed by atoms with Crippen LogP contribution in [0.25, 0.3) is 0 Å². The molecule has 0 amide bonds. The number of nitrogens with zero attached hydrogens (tertiary/aromatic N) is 3. The Labute approximate surface area is 173 Å². The molecule has 11 heteroatoms. The van der Waals surface area contributed by atoms with E-state index in [2.05, 4.69) is 25.0 Å². The van der Waals surface area contributed by atoms with Crippen LogP contribution in [0.4, 0.5) is 23.2 Å². The summed E-state index contributed by atoms with van der Waals surface area (Å²) in [4.78, 5) is 12.6. The Hall–Kier alpha value is -2.88. The maximum absolute atomic E-state index is 14.9. The van der Waals surface area contributed by atoms with Crippen molar-refractivity contribution >= 4 is 29.1 Å². The quantitative estimate of drug-likeness (QED) is 0.691. The van der Waals surface area contributed by atoms with Crippen molar-refractivity contribution in [3.05, 3.63) is 58.1 Å². The highest BCUT2D eigenvalue weighted by molar-refractivity contribution is 6.30. The highest BCUT2D eigenvalue weighted by Crippen LogP contribution is 2.42. The number of halogens is 5. The zero-order valence-electron chi connectivity index (χ0n) is 15.6. The number of pyridine rings is 1. The minimum atomic E-state index is -4.66. The van der Waals surface area contributed by atoms with Crippen LogP contribution in [0.1, 0.15) is 30.2 Å². The molecular weight excluding hydrogens is 426 g/mol. The molecule has 3 N–H and O–H groups in total. The fourth-order valence-electron chi connectivity index (χ4n) is 3.48. The van der Waals surface area contributed by atoms with Gasteiger partial charge in [-0.3, -0.25) is 4.98 Å². The summed E-state index contributed by atoms with van der Waals surface area (Å²) in [6.07, 6.45) is -6.00. The van der Waals surface area contributed by atoms with Gasteiger partial charge in [0.1, 0.15) is 11.5 Å². The van der Waals surface area contributed by atoms with Gasteiger partial charge in [-0.2, -0.15) is 13.2 Å². The molecule has 3 heterocycles. The number of aliphatic imine (C=N–C) groups is 2. The van der Waals surface area contributed by atoms with Gasteiger partial charge in [-0.25, -0.2) is 14.4 Å². The molecule has 0 spiro atoms. The summed E-state index contributed by atoms with van der Waals surface area (Å²) in [7, 11) is 0. The van der Waals surface area contributed by atoms with Crippen LogP contribution < -0.4 is 11.1 Å². The predicted molar refractivity (Wildman–Crippen MR) is 103 cm³/mol. The maximum atomic E-state index is 14.9. The van der Waals surface area contributed by atoms with Gasteiger partial charge in [-0.1, -0.05) is 11.6 Å². The maximum Gasteiger partial charge on any atom is 0.425 e. The number of nitrogens with two attached hydrogens (primary N) is 1. The van der Waals surface area contributed by atoms with Crippen molar-refractivity contribution in [2.45, 2.75) is 37.7 Å². The van der Waals surface area contributed by atoms with E-state index in [1.807, 2.05) is 0 Å². The van der Waals surface area contributed by atoms with E-state index in [4.69, 9.17) is 17.3 Å². The summed E-state index contributed by atoms with van der Waals surface area (Å²) < 4.78 is 59.2. The molecule has 0 radical (unpaired) electrons. The number of hydrogen-bond acceptors (Lipinski definition) is 6. The fourth-order valence-corrected chi connectivity index (χ4v) is 3.59. The number of ether oxygens (including phenoxy) is 1. The van der Waals surface area contributed by atoms with Crippen molar-refractivity contribution in [3.8, 4) is 0 Å². The fraction of sp³-hybridized carbons (Fsp3) is 0.316. The van der Waals surface area contributed by atoms with Gasteiger partial charge in [0.15, 0.2) is 11.9 Å². The molecule has 4 rings (SSSR count). The topological polar surface area (TPSA) is 84.9 Å². The third kappa shape index (κ3) is 3.79. The smallest absolute Gasteiger partial charge is 0.425 e. The van der Waals surface area contributed by atoms with E-state index in [-0.39, 0.29) is 12.1 Å². The first-order valence-corrected chi connectivity index (χ1v) is 9.29. The Morgan fingerprint density at radius 1 is 1.30 bits per heavy atom. The normalized spacial score (nSPS) is 23.6. The number of benzene rings is 1.